The van der Waals surface area contributed by atoms with Crippen molar-refractivity contribution in [3.8, 4) is 5.75 Å². The summed E-state index contributed by atoms with van der Waals surface area (Å²) in [6, 6.07) is 13.9. The van der Waals surface area contributed by atoms with Crippen LogP contribution in [-0.4, -0.2) is 18.3 Å². The summed E-state index contributed by atoms with van der Waals surface area (Å²) in [6.07, 6.45) is 1.76. The first-order valence-corrected chi connectivity index (χ1v) is 7.36. The Bertz CT molecular complexity index is 778. The number of aryl methyl sites for hydroxylation is 1. The van der Waals surface area contributed by atoms with Gasteiger partial charge in [-0.1, -0.05) is 17.4 Å². The van der Waals surface area contributed by atoms with Crippen molar-refractivity contribution in [2.24, 2.45) is 5.10 Å². The van der Waals surface area contributed by atoms with Crippen LogP contribution in [0.25, 0.3) is 10.2 Å². The van der Waals surface area contributed by atoms with Gasteiger partial charge in [-0.25, -0.2) is 4.98 Å². The lowest BCUT2D eigenvalue weighted by atomic mass is 10.2. The van der Waals surface area contributed by atoms with E-state index in [9.17, 15) is 0 Å². The molecule has 2 aromatic carbocycles. The van der Waals surface area contributed by atoms with Crippen LogP contribution < -0.4 is 10.2 Å². The van der Waals surface area contributed by atoms with E-state index >= 15 is 0 Å². The molecule has 0 aliphatic heterocycles. The molecule has 0 aliphatic rings. The Morgan fingerprint density at radius 3 is 2.76 bits per heavy atom. The second kappa shape index (κ2) is 5.93. The Labute approximate surface area is 127 Å². The fraction of sp³-hybridized carbons (Fsp3) is 0.125. The molecule has 0 amide bonds. The number of benzene rings is 2. The van der Waals surface area contributed by atoms with Crippen molar-refractivity contribution in [3.63, 3.8) is 0 Å². The zero-order valence-corrected chi connectivity index (χ0v) is 12.6. The molecular weight excluding hydrogens is 282 g/mol. The van der Waals surface area contributed by atoms with E-state index < -0.39 is 0 Å². The number of rotatable bonds is 4. The summed E-state index contributed by atoms with van der Waals surface area (Å²) in [5.74, 6) is 0.835. The number of aromatic nitrogens is 1. The third-order valence-electron chi connectivity index (χ3n) is 3.03. The molecule has 21 heavy (non-hydrogen) atoms. The van der Waals surface area contributed by atoms with E-state index in [1.165, 1.54) is 5.56 Å². The van der Waals surface area contributed by atoms with E-state index in [2.05, 4.69) is 34.6 Å². The van der Waals surface area contributed by atoms with E-state index in [1.54, 1.807) is 24.7 Å². The van der Waals surface area contributed by atoms with Gasteiger partial charge in [0.15, 0.2) is 0 Å². The highest BCUT2D eigenvalue weighted by molar-refractivity contribution is 7.22. The average Bonchev–Trinajstić information content (AvgIpc) is 2.89. The van der Waals surface area contributed by atoms with E-state index in [-0.39, 0.29) is 0 Å². The molecule has 0 radical (unpaired) electrons. The van der Waals surface area contributed by atoms with E-state index in [0.717, 1.165) is 26.7 Å². The molecule has 0 saturated heterocycles. The van der Waals surface area contributed by atoms with Crippen molar-refractivity contribution in [2.75, 3.05) is 12.5 Å². The van der Waals surface area contributed by atoms with Gasteiger partial charge in [0, 0.05) is 0 Å². The van der Waals surface area contributed by atoms with E-state index in [4.69, 9.17) is 4.74 Å². The standard InChI is InChI=1S/C16H15N3OS/c1-11-3-8-14-15(9-11)21-16(18-14)19-17-10-12-4-6-13(20-2)7-5-12/h3-10H,1-2H3,(H,18,19). The fourth-order valence-corrected chi connectivity index (χ4v) is 2.85. The molecule has 0 unspecified atom stereocenters. The average molecular weight is 297 g/mol. The molecule has 1 heterocycles. The van der Waals surface area contributed by atoms with Gasteiger partial charge in [0.05, 0.1) is 23.5 Å². The van der Waals surface area contributed by atoms with Gasteiger partial charge in [-0.2, -0.15) is 5.10 Å². The zero-order chi connectivity index (χ0) is 14.7. The van der Waals surface area contributed by atoms with Crippen LogP contribution in [-0.2, 0) is 0 Å². The Kier molecular flexibility index (Phi) is 3.83. The molecule has 0 saturated carbocycles. The predicted molar refractivity (Wildman–Crippen MR) is 88.6 cm³/mol. The molecular formula is C16H15N3OS. The van der Waals surface area contributed by atoms with E-state index in [0.29, 0.717) is 0 Å². The van der Waals surface area contributed by atoms with Crippen LogP contribution in [0.15, 0.2) is 47.6 Å². The molecule has 3 aromatic rings. The molecule has 0 spiro atoms. The minimum absolute atomic E-state index is 0.792. The van der Waals surface area contributed by atoms with Crippen LogP contribution in [0, 0.1) is 6.92 Å². The lowest BCUT2D eigenvalue weighted by molar-refractivity contribution is 0.415. The summed E-state index contributed by atoms with van der Waals surface area (Å²) < 4.78 is 6.28. The van der Waals surface area contributed by atoms with Crippen LogP contribution >= 0.6 is 11.3 Å². The molecule has 0 atom stereocenters. The Morgan fingerprint density at radius 2 is 2.00 bits per heavy atom. The number of methoxy groups -OCH3 is 1. The zero-order valence-electron chi connectivity index (χ0n) is 11.8. The normalized spacial score (nSPS) is 11.1. The van der Waals surface area contributed by atoms with Gasteiger partial charge in [-0.05, 0) is 54.4 Å². The molecule has 1 aromatic heterocycles. The highest BCUT2D eigenvalue weighted by atomic mass is 32.1. The van der Waals surface area contributed by atoms with Gasteiger partial charge in [0.25, 0.3) is 0 Å². The Morgan fingerprint density at radius 1 is 1.19 bits per heavy atom. The Balaban J connectivity index is 1.71. The summed E-state index contributed by atoms with van der Waals surface area (Å²) >= 11 is 1.60. The van der Waals surface area contributed by atoms with Gasteiger partial charge in [0.1, 0.15) is 5.75 Å². The molecule has 106 valence electrons. The first-order chi connectivity index (χ1) is 10.2. The highest BCUT2D eigenvalue weighted by Gasteiger charge is 2.02. The van der Waals surface area contributed by atoms with Gasteiger partial charge >= 0.3 is 0 Å². The third-order valence-corrected chi connectivity index (χ3v) is 3.96. The largest absolute Gasteiger partial charge is 0.497 e. The van der Waals surface area contributed by atoms with Crippen LogP contribution in [0.1, 0.15) is 11.1 Å². The number of thiazole rings is 1. The quantitative estimate of drug-likeness (QED) is 0.583. The maximum atomic E-state index is 5.12. The number of hydrogen-bond acceptors (Lipinski definition) is 5. The summed E-state index contributed by atoms with van der Waals surface area (Å²) in [6.45, 7) is 2.08. The van der Waals surface area contributed by atoms with Crippen LogP contribution in [0.5, 0.6) is 5.75 Å². The number of anilines is 1. The molecule has 3 rings (SSSR count). The second-order valence-electron chi connectivity index (χ2n) is 4.63. The minimum atomic E-state index is 0.792. The SMILES string of the molecule is COc1ccc(C=NNc2nc3ccc(C)cc3s2)cc1. The monoisotopic (exact) mass is 297 g/mol. The lowest BCUT2D eigenvalue weighted by Crippen LogP contribution is -1.90. The Hall–Kier alpha value is -2.40. The number of ether oxygens (including phenoxy) is 1. The van der Waals surface area contributed by atoms with Crippen LogP contribution in [0.3, 0.4) is 0 Å². The first-order valence-electron chi connectivity index (χ1n) is 6.55. The van der Waals surface area contributed by atoms with Crippen molar-refractivity contribution in [2.45, 2.75) is 6.92 Å². The number of nitrogens with one attached hydrogen (secondary N) is 1. The first kappa shape index (κ1) is 13.6. The van der Waals surface area contributed by atoms with Crippen molar-refractivity contribution in [3.05, 3.63) is 53.6 Å². The number of nitrogens with zero attached hydrogens (tertiary/aromatic N) is 2. The van der Waals surface area contributed by atoms with Gasteiger partial charge < -0.3 is 4.74 Å². The maximum Gasteiger partial charge on any atom is 0.204 e. The number of hydrogen-bond donors (Lipinski definition) is 1. The smallest absolute Gasteiger partial charge is 0.204 e. The summed E-state index contributed by atoms with van der Waals surface area (Å²) in [4.78, 5) is 4.49. The van der Waals surface area contributed by atoms with Crippen molar-refractivity contribution >= 4 is 32.9 Å². The number of fused-ring (bicyclic) bond motifs is 1. The minimum Gasteiger partial charge on any atom is -0.497 e. The van der Waals surface area contributed by atoms with Crippen molar-refractivity contribution in [1.29, 1.82) is 0 Å². The molecule has 5 heteroatoms. The van der Waals surface area contributed by atoms with Crippen molar-refractivity contribution in [1.82, 2.24) is 4.98 Å². The highest BCUT2D eigenvalue weighted by Crippen LogP contribution is 2.26. The lowest BCUT2D eigenvalue weighted by Gasteiger charge is -1.98. The second-order valence-corrected chi connectivity index (χ2v) is 5.66. The summed E-state index contributed by atoms with van der Waals surface area (Å²) in [7, 11) is 1.65. The van der Waals surface area contributed by atoms with Crippen molar-refractivity contribution < 1.29 is 4.74 Å². The number of hydrazone groups is 1. The third kappa shape index (κ3) is 3.20. The fourth-order valence-electron chi connectivity index (χ4n) is 1.93. The summed E-state index contributed by atoms with van der Waals surface area (Å²) in [5, 5.41) is 5.01. The molecule has 4 nitrogen and oxygen atoms in total. The molecule has 0 fully saturated rings. The van der Waals surface area contributed by atoms with E-state index in [1.807, 2.05) is 30.3 Å². The van der Waals surface area contributed by atoms with Crippen LogP contribution in [0.4, 0.5) is 5.13 Å². The molecule has 0 aliphatic carbocycles. The van der Waals surface area contributed by atoms with Gasteiger partial charge in [0.2, 0.25) is 5.13 Å². The topological polar surface area (TPSA) is 46.5 Å². The predicted octanol–water partition coefficient (Wildman–Crippen LogP) is 4.06. The molecule has 1 N–H and O–H groups in total. The van der Waals surface area contributed by atoms with Gasteiger partial charge in [-0.15, -0.1) is 0 Å². The summed E-state index contributed by atoms with van der Waals surface area (Å²) in [5.41, 5.74) is 6.21. The molecule has 0 bridgehead atoms. The van der Waals surface area contributed by atoms with Gasteiger partial charge in [-0.3, -0.25) is 5.43 Å². The maximum absolute atomic E-state index is 5.12. The van der Waals surface area contributed by atoms with Crippen LogP contribution in [0.2, 0.25) is 0 Å².